The molecule has 1 aliphatic rings. The normalized spacial score (nSPS) is 16.3. The van der Waals surface area contributed by atoms with E-state index in [1.165, 1.54) is 17.8 Å². The lowest BCUT2D eigenvalue weighted by Crippen LogP contribution is -2.50. The standard InChI is InChI=1S/C18H19Cl2N5O4/c1-7(2)9-6-12(24-25(4)17(9)27)29-15-11(19)5-10(8(3)13(15)20)14-16(26)21-18(28)23-22-14/h5-7,16,26H,1-4H3,(H2,21,23,28). The van der Waals surface area contributed by atoms with E-state index in [1.54, 1.807) is 13.0 Å². The molecule has 9 nitrogen and oxygen atoms in total. The van der Waals surface area contributed by atoms with Crippen LogP contribution in [0.3, 0.4) is 0 Å². The topological polar surface area (TPSA) is 118 Å². The third-order valence-electron chi connectivity index (χ3n) is 4.40. The Morgan fingerprint density at radius 3 is 2.59 bits per heavy atom. The highest BCUT2D eigenvalue weighted by Crippen LogP contribution is 2.40. The lowest BCUT2D eigenvalue weighted by Gasteiger charge is -2.22. The minimum absolute atomic E-state index is 0.0254. The third kappa shape index (κ3) is 4.07. The van der Waals surface area contributed by atoms with E-state index in [1.807, 2.05) is 13.8 Å². The molecule has 3 rings (SSSR count). The Bertz CT molecular complexity index is 1080. The predicted octanol–water partition coefficient (Wildman–Crippen LogP) is 2.65. The Kier molecular flexibility index (Phi) is 5.83. The Balaban J connectivity index is 2.04. The molecule has 0 saturated heterocycles. The maximum atomic E-state index is 12.2. The second kappa shape index (κ2) is 8.02. The van der Waals surface area contributed by atoms with Gasteiger partial charge >= 0.3 is 6.03 Å². The van der Waals surface area contributed by atoms with Gasteiger partial charge in [0.05, 0.1) is 10.0 Å². The van der Waals surface area contributed by atoms with Gasteiger partial charge in [0.2, 0.25) is 5.88 Å². The summed E-state index contributed by atoms with van der Waals surface area (Å²) < 4.78 is 7.00. The quantitative estimate of drug-likeness (QED) is 0.676. The van der Waals surface area contributed by atoms with Crippen LogP contribution in [0.25, 0.3) is 0 Å². The van der Waals surface area contributed by atoms with E-state index < -0.39 is 12.3 Å². The average molecular weight is 440 g/mol. The zero-order valence-electron chi connectivity index (χ0n) is 16.1. The summed E-state index contributed by atoms with van der Waals surface area (Å²) in [4.78, 5) is 23.5. The number of nitrogens with one attached hydrogen (secondary N) is 2. The molecule has 2 heterocycles. The fourth-order valence-corrected chi connectivity index (χ4v) is 3.36. The minimum atomic E-state index is -1.32. The molecule has 2 aromatic rings. The van der Waals surface area contributed by atoms with Crippen LogP contribution in [0.1, 0.15) is 36.5 Å². The first-order valence-electron chi connectivity index (χ1n) is 8.67. The number of hydrogen-bond donors (Lipinski definition) is 3. The predicted molar refractivity (Wildman–Crippen MR) is 109 cm³/mol. The second-order valence-electron chi connectivity index (χ2n) is 6.78. The molecule has 1 aromatic heterocycles. The first-order valence-corrected chi connectivity index (χ1v) is 9.43. The van der Waals surface area contributed by atoms with E-state index in [0.29, 0.717) is 16.7 Å². The van der Waals surface area contributed by atoms with Gasteiger partial charge in [-0.1, -0.05) is 37.0 Å². The lowest BCUT2D eigenvalue weighted by atomic mass is 10.0. The SMILES string of the molecule is Cc1c(C2=NNC(=O)NC2O)cc(Cl)c(Oc2cc(C(C)C)c(=O)n(C)n2)c1Cl. The van der Waals surface area contributed by atoms with E-state index in [2.05, 4.69) is 20.9 Å². The van der Waals surface area contributed by atoms with Gasteiger partial charge in [0, 0.05) is 24.2 Å². The third-order valence-corrected chi connectivity index (χ3v) is 5.13. The number of hydrogen-bond acceptors (Lipinski definition) is 6. The number of amides is 2. The van der Waals surface area contributed by atoms with Crippen molar-refractivity contribution in [2.24, 2.45) is 12.1 Å². The largest absolute Gasteiger partial charge is 0.434 e. The number of carbonyl (C=O) groups excluding carboxylic acids is 1. The van der Waals surface area contributed by atoms with Crippen molar-refractivity contribution in [1.29, 1.82) is 0 Å². The van der Waals surface area contributed by atoms with Crippen molar-refractivity contribution in [3.05, 3.63) is 49.2 Å². The van der Waals surface area contributed by atoms with Crippen LogP contribution in [0.4, 0.5) is 4.79 Å². The summed E-state index contributed by atoms with van der Waals surface area (Å²) in [6, 6.07) is 2.44. The fourth-order valence-electron chi connectivity index (χ4n) is 2.83. The monoisotopic (exact) mass is 439 g/mol. The van der Waals surface area contributed by atoms with Gasteiger partial charge in [0.15, 0.2) is 12.0 Å². The number of carbonyl (C=O) groups is 1. The molecule has 1 atom stereocenters. The Morgan fingerprint density at radius 1 is 1.28 bits per heavy atom. The smallest absolute Gasteiger partial charge is 0.337 e. The molecule has 0 radical (unpaired) electrons. The van der Waals surface area contributed by atoms with Gasteiger partial charge in [-0.2, -0.15) is 5.10 Å². The van der Waals surface area contributed by atoms with Gasteiger partial charge in [0.1, 0.15) is 5.71 Å². The highest BCUT2D eigenvalue weighted by molar-refractivity contribution is 6.38. The first kappa shape index (κ1) is 21.1. The molecule has 3 N–H and O–H groups in total. The summed E-state index contributed by atoms with van der Waals surface area (Å²) >= 11 is 12.8. The lowest BCUT2D eigenvalue weighted by molar-refractivity contribution is 0.184. The molecule has 0 fully saturated rings. The van der Waals surface area contributed by atoms with Crippen molar-refractivity contribution < 1.29 is 14.6 Å². The molecule has 0 aliphatic carbocycles. The van der Waals surface area contributed by atoms with Crippen LogP contribution in [0.2, 0.25) is 10.0 Å². The van der Waals surface area contributed by atoms with Crippen LogP contribution in [0.5, 0.6) is 11.6 Å². The highest BCUT2D eigenvalue weighted by atomic mass is 35.5. The van der Waals surface area contributed by atoms with Gasteiger partial charge in [-0.3, -0.25) is 4.79 Å². The van der Waals surface area contributed by atoms with E-state index in [9.17, 15) is 14.7 Å². The second-order valence-corrected chi connectivity index (χ2v) is 7.57. The minimum Gasteiger partial charge on any atom is -0.434 e. The number of hydrazone groups is 1. The van der Waals surface area contributed by atoms with Gasteiger partial charge in [-0.15, -0.1) is 5.10 Å². The molecule has 1 aliphatic heterocycles. The number of benzene rings is 1. The summed E-state index contributed by atoms with van der Waals surface area (Å²) in [6.45, 7) is 5.48. The van der Waals surface area contributed by atoms with Gasteiger partial charge in [-0.05, 0) is 24.5 Å². The molecule has 0 bridgehead atoms. The summed E-state index contributed by atoms with van der Waals surface area (Å²) in [7, 11) is 1.53. The van der Waals surface area contributed by atoms with E-state index >= 15 is 0 Å². The molecule has 154 valence electrons. The summed E-state index contributed by atoms with van der Waals surface area (Å²) in [5.41, 5.74) is 3.67. The van der Waals surface area contributed by atoms with Crippen LogP contribution < -0.4 is 21.0 Å². The average Bonchev–Trinajstić information content (AvgIpc) is 2.64. The molecule has 1 unspecified atom stereocenters. The first-order chi connectivity index (χ1) is 13.6. The molecular formula is C18H19Cl2N5O4. The molecule has 11 heteroatoms. The van der Waals surface area contributed by atoms with Gasteiger partial charge in [0.25, 0.3) is 5.56 Å². The van der Waals surface area contributed by atoms with Crippen LogP contribution in [0, 0.1) is 6.92 Å². The molecule has 2 amide bonds. The number of rotatable bonds is 4. The molecule has 29 heavy (non-hydrogen) atoms. The summed E-state index contributed by atoms with van der Waals surface area (Å²) in [5, 5.41) is 20.7. The van der Waals surface area contributed by atoms with Crippen molar-refractivity contribution in [1.82, 2.24) is 20.5 Å². The zero-order chi connectivity index (χ0) is 21.5. The van der Waals surface area contributed by atoms with Crippen molar-refractivity contribution in [2.45, 2.75) is 32.9 Å². The van der Waals surface area contributed by atoms with E-state index in [-0.39, 0.29) is 38.9 Å². The van der Waals surface area contributed by atoms with Crippen molar-refractivity contribution in [2.75, 3.05) is 0 Å². The fraction of sp³-hybridized carbons (Fsp3) is 0.333. The van der Waals surface area contributed by atoms with Crippen LogP contribution in [-0.4, -0.2) is 32.9 Å². The van der Waals surface area contributed by atoms with Gasteiger partial charge in [-0.25, -0.2) is 14.9 Å². The van der Waals surface area contributed by atoms with Crippen molar-refractivity contribution in [3.8, 4) is 11.6 Å². The molecule has 0 saturated carbocycles. The Morgan fingerprint density at radius 2 is 1.97 bits per heavy atom. The zero-order valence-corrected chi connectivity index (χ0v) is 17.6. The highest BCUT2D eigenvalue weighted by Gasteiger charge is 2.27. The number of urea groups is 1. The Hall–Kier alpha value is -2.62. The number of nitrogens with zero attached hydrogens (tertiary/aromatic N) is 3. The number of halogens is 2. The molecule has 0 spiro atoms. The van der Waals surface area contributed by atoms with Crippen LogP contribution >= 0.6 is 23.2 Å². The molecular weight excluding hydrogens is 421 g/mol. The summed E-state index contributed by atoms with van der Waals surface area (Å²) in [5.74, 6) is 0.289. The number of ether oxygens (including phenoxy) is 1. The Labute approximate surface area is 176 Å². The summed E-state index contributed by atoms with van der Waals surface area (Å²) in [6.07, 6.45) is -1.32. The number of aliphatic hydroxyl groups excluding tert-OH is 1. The van der Waals surface area contributed by atoms with Crippen molar-refractivity contribution >= 4 is 34.9 Å². The maximum absolute atomic E-state index is 12.2. The van der Waals surface area contributed by atoms with Gasteiger partial charge < -0.3 is 15.2 Å². The van der Waals surface area contributed by atoms with Crippen LogP contribution in [0.15, 0.2) is 22.0 Å². The van der Waals surface area contributed by atoms with E-state index in [0.717, 1.165) is 0 Å². The number of aliphatic hydroxyl groups is 1. The maximum Gasteiger partial charge on any atom is 0.337 e. The number of aryl methyl sites for hydroxylation is 1. The molecule has 1 aromatic carbocycles. The van der Waals surface area contributed by atoms with Crippen LogP contribution in [-0.2, 0) is 7.05 Å². The van der Waals surface area contributed by atoms with E-state index in [4.69, 9.17) is 27.9 Å². The number of aromatic nitrogens is 2. The van der Waals surface area contributed by atoms with Crippen molar-refractivity contribution in [3.63, 3.8) is 0 Å².